The Morgan fingerprint density at radius 1 is 1.45 bits per heavy atom. The molecule has 1 aromatic heterocycles. The lowest BCUT2D eigenvalue weighted by molar-refractivity contribution is -0.127. The molecule has 0 radical (unpaired) electrons. The van der Waals surface area contributed by atoms with Gasteiger partial charge in [-0.1, -0.05) is 30.0 Å². The van der Waals surface area contributed by atoms with E-state index in [0.717, 1.165) is 0 Å². The first-order valence-corrected chi connectivity index (χ1v) is 7.73. The van der Waals surface area contributed by atoms with Crippen LogP contribution in [0.25, 0.3) is 0 Å². The highest BCUT2D eigenvalue weighted by atomic mass is 32.2. The van der Waals surface area contributed by atoms with Crippen molar-refractivity contribution in [3.8, 4) is 0 Å². The third-order valence-corrected chi connectivity index (χ3v) is 4.35. The summed E-state index contributed by atoms with van der Waals surface area (Å²) in [5.41, 5.74) is 1.18. The number of rotatable bonds is 6. The summed E-state index contributed by atoms with van der Waals surface area (Å²) in [6.07, 6.45) is 1.58. The van der Waals surface area contributed by atoms with Crippen molar-refractivity contribution in [2.24, 2.45) is 7.05 Å². The SMILES string of the molecule is CN(Cc1ccccc1F)C(=O)CSc1ncc(CO)n1C. The molecule has 0 aliphatic carbocycles. The summed E-state index contributed by atoms with van der Waals surface area (Å²) in [5, 5.41) is 9.77. The van der Waals surface area contributed by atoms with Gasteiger partial charge in [-0.25, -0.2) is 9.37 Å². The lowest BCUT2D eigenvalue weighted by Gasteiger charge is -2.17. The van der Waals surface area contributed by atoms with Crippen LogP contribution in [0.2, 0.25) is 0 Å². The van der Waals surface area contributed by atoms with Crippen LogP contribution in [0.15, 0.2) is 35.6 Å². The fourth-order valence-electron chi connectivity index (χ4n) is 1.91. The molecule has 0 spiro atoms. The van der Waals surface area contributed by atoms with Crippen molar-refractivity contribution in [1.29, 1.82) is 0 Å². The highest BCUT2D eigenvalue weighted by molar-refractivity contribution is 7.99. The number of imidazole rings is 1. The maximum absolute atomic E-state index is 13.6. The number of hydrogen-bond acceptors (Lipinski definition) is 4. The van der Waals surface area contributed by atoms with E-state index in [0.29, 0.717) is 16.4 Å². The number of nitrogens with zero attached hydrogens (tertiary/aromatic N) is 3. The van der Waals surface area contributed by atoms with Crippen LogP contribution in [0.1, 0.15) is 11.3 Å². The van der Waals surface area contributed by atoms with Gasteiger partial charge in [-0.15, -0.1) is 0 Å². The normalized spacial score (nSPS) is 10.7. The third kappa shape index (κ3) is 3.86. The molecule has 0 aliphatic rings. The summed E-state index contributed by atoms with van der Waals surface area (Å²) in [5.74, 6) is -0.214. The second kappa shape index (κ2) is 7.42. The first-order valence-electron chi connectivity index (χ1n) is 6.74. The monoisotopic (exact) mass is 323 g/mol. The molecule has 22 heavy (non-hydrogen) atoms. The van der Waals surface area contributed by atoms with E-state index in [9.17, 15) is 9.18 Å². The van der Waals surface area contributed by atoms with Crippen molar-refractivity contribution in [2.75, 3.05) is 12.8 Å². The molecule has 118 valence electrons. The Morgan fingerprint density at radius 3 is 2.82 bits per heavy atom. The van der Waals surface area contributed by atoms with Crippen molar-refractivity contribution in [3.05, 3.63) is 47.5 Å². The summed E-state index contributed by atoms with van der Waals surface area (Å²) in [6.45, 7) is 0.139. The average Bonchev–Trinajstić information content (AvgIpc) is 2.87. The molecule has 0 atom stereocenters. The van der Waals surface area contributed by atoms with Crippen molar-refractivity contribution >= 4 is 17.7 Å². The minimum atomic E-state index is -0.313. The van der Waals surface area contributed by atoms with Gasteiger partial charge in [0.05, 0.1) is 24.3 Å². The number of aliphatic hydroxyl groups is 1. The number of carbonyl (C=O) groups is 1. The van der Waals surface area contributed by atoms with Gasteiger partial charge >= 0.3 is 0 Å². The van der Waals surface area contributed by atoms with Crippen LogP contribution >= 0.6 is 11.8 Å². The van der Waals surface area contributed by atoms with Gasteiger partial charge in [0, 0.05) is 26.2 Å². The van der Waals surface area contributed by atoms with Crippen LogP contribution in [-0.2, 0) is 25.0 Å². The summed E-state index contributed by atoms with van der Waals surface area (Å²) in [7, 11) is 3.43. The third-order valence-electron chi connectivity index (χ3n) is 3.32. The zero-order chi connectivity index (χ0) is 16.1. The first-order chi connectivity index (χ1) is 10.5. The van der Waals surface area contributed by atoms with Crippen LogP contribution in [-0.4, -0.2) is 38.3 Å². The fraction of sp³-hybridized carbons (Fsp3) is 0.333. The highest BCUT2D eigenvalue weighted by Crippen LogP contribution is 2.18. The molecule has 0 saturated heterocycles. The van der Waals surface area contributed by atoms with Gasteiger partial charge in [0.1, 0.15) is 5.82 Å². The molecule has 1 aromatic carbocycles. The molecule has 0 bridgehead atoms. The lowest BCUT2D eigenvalue weighted by atomic mass is 10.2. The van der Waals surface area contributed by atoms with E-state index in [-0.39, 0.29) is 30.6 Å². The maximum atomic E-state index is 13.6. The summed E-state index contributed by atoms with van der Waals surface area (Å²) in [6, 6.07) is 6.41. The number of carbonyl (C=O) groups excluding carboxylic acids is 1. The Balaban J connectivity index is 1.91. The van der Waals surface area contributed by atoms with Gasteiger partial charge in [0.15, 0.2) is 5.16 Å². The van der Waals surface area contributed by atoms with Gasteiger partial charge in [-0.3, -0.25) is 4.79 Å². The number of thioether (sulfide) groups is 1. The smallest absolute Gasteiger partial charge is 0.233 e. The van der Waals surface area contributed by atoms with E-state index in [1.165, 1.54) is 22.7 Å². The predicted molar refractivity (Wildman–Crippen MR) is 82.7 cm³/mol. The molecular formula is C15H18FN3O2S. The number of halogens is 1. The summed E-state index contributed by atoms with van der Waals surface area (Å²) < 4.78 is 15.3. The zero-order valence-electron chi connectivity index (χ0n) is 12.5. The van der Waals surface area contributed by atoms with Crippen LogP contribution in [0, 0.1) is 5.82 Å². The predicted octanol–water partition coefficient (Wildman–Crippen LogP) is 1.80. The molecule has 0 saturated carbocycles. The lowest BCUT2D eigenvalue weighted by Crippen LogP contribution is -2.28. The largest absolute Gasteiger partial charge is 0.390 e. The Bertz CT molecular complexity index is 660. The van der Waals surface area contributed by atoms with Gasteiger partial charge < -0.3 is 14.6 Å². The molecule has 2 aromatic rings. The molecule has 0 aliphatic heterocycles. The fourth-order valence-corrected chi connectivity index (χ4v) is 2.82. The molecule has 1 N–H and O–H groups in total. The van der Waals surface area contributed by atoms with Crippen molar-refractivity contribution in [1.82, 2.24) is 14.5 Å². The molecular weight excluding hydrogens is 305 g/mol. The van der Waals surface area contributed by atoms with Crippen molar-refractivity contribution in [3.63, 3.8) is 0 Å². The quantitative estimate of drug-likeness (QED) is 0.824. The summed E-state index contributed by atoms with van der Waals surface area (Å²) >= 11 is 1.29. The average molecular weight is 323 g/mol. The Morgan fingerprint density at radius 2 is 2.18 bits per heavy atom. The number of amides is 1. The van der Waals surface area contributed by atoms with Crippen molar-refractivity contribution in [2.45, 2.75) is 18.3 Å². The standard InChI is InChI=1S/C15H18FN3O2S/c1-18(8-11-5-3-4-6-13(11)16)14(21)10-22-15-17-7-12(9-20)19(15)2/h3-7,20H,8-10H2,1-2H3. The number of benzene rings is 1. The Hall–Kier alpha value is -1.86. The van der Waals surface area contributed by atoms with Crippen LogP contribution < -0.4 is 0 Å². The van der Waals surface area contributed by atoms with E-state index < -0.39 is 0 Å². The van der Waals surface area contributed by atoms with E-state index in [4.69, 9.17) is 5.11 Å². The van der Waals surface area contributed by atoms with Gasteiger partial charge in [0.2, 0.25) is 5.91 Å². The molecule has 2 rings (SSSR count). The zero-order valence-corrected chi connectivity index (χ0v) is 13.3. The van der Waals surface area contributed by atoms with E-state index >= 15 is 0 Å². The molecule has 7 heteroatoms. The molecule has 0 unspecified atom stereocenters. The van der Waals surface area contributed by atoms with Gasteiger partial charge in [-0.2, -0.15) is 0 Å². The van der Waals surface area contributed by atoms with E-state index in [1.807, 2.05) is 0 Å². The van der Waals surface area contributed by atoms with E-state index in [1.54, 1.807) is 43.1 Å². The second-order valence-electron chi connectivity index (χ2n) is 4.88. The molecule has 1 amide bonds. The van der Waals surface area contributed by atoms with E-state index in [2.05, 4.69) is 4.98 Å². The van der Waals surface area contributed by atoms with Crippen LogP contribution in [0.3, 0.4) is 0 Å². The number of hydrogen-bond donors (Lipinski definition) is 1. The van der Waals surface area contributed by atoms with Crippen LogP contribution in [0.5, 0.6) is 0 Å². The number of aromatic nitrogens is 2. The first kappa shape index (κ1) is 16.5. The van der Waals surface area contributed by atoms with Crippen molar-refractivity contribution < 1.29 is 14.3 Å². The highest BCUT2D eigenvalue weighted by Gasteiger charge is 2.14. The number of aliphatic hydroxyl groups excluding tert-OH is 1. The topological polar surface area (TPSA) is 58.4 Å². The van der Waals surface area contributed by atoms with Crippen LogP contribution in [0.4, 0.5) is 4.39 Å². The van der Waals surface area contributed by atoms with Gasteiger partial charge in [-0.05, 0) is 6.07 Å². The Kier molecular flexibility index (Phi) is 5.57. The second-order valence-corrected chi connectivity index (χ2v) is 5.82. The molecule has 5 nitrogen and oxygen atoms in total. The summed E-state index contributed by atoms with van der Waals surface area (Å²) in [4.78, 5) is 17.8. The maximum Gasteiger partial charge on any atom is 0.233 e. The molecule has 1 heterocycles. The minimum absolute atomic E-state index is 0.0921. The minimum Gasteiger partial charge on any atom is -0.390 e. The Labute approximate surface area is 132 Å². The van der Waals surface area contributed by atoms with Gasteiger partial charge in [0.25, 0.3) is 0 Å². The molecule has 0 fully saturated rings.